The molecular formula is C30H49N3O4. The molecule has 3 amide bonds. The van der Waals surface area contributed by atoms with Crippen molar-refractivity contribution in [3.05, 3.63) is 34.9 Å². The molecule has 1 aromatic rings. The summed E-state index contributed by atoms with van der Waals surface area (Å²) in [7, 11) is 0. The molecule has 7 nitrogen and oxygen atoms in total. The van der Waals surface area contributed by atoms with Crippen LogP contribution in [0.4, 0.5) is 4.79 Å². The zero-order valence-electron chi connectivity index (χ0n) is 24.3. The van der Waals surface area contributed by atoms with Crippen LogP contribution in [0.15, 0.2) is 18.2 Å². The third kappa shape index (κ3) is 9.04. The Hall–Kier alpha value is -2.57. The Morgan fingerprint density at radius 2 is 1.73 bits per heavy atom. The number of amides is 3. The first kappa shape index (κ1) is 30.7. The largest absolute Gasteiger partial charge is 0.444 e. The number of nitrogens with zero attached hydrogens (tertiary/aromatic N) is 1. The van der Waals surface area contributed by atoms with Crippen LogP contribution >= 0.6 is 0 Å². The highest BCUT2D eigenvalue weighted by atomic mass is 16.6. The van der Waals surface area contributed by atoms with E-state index in [4.69, 9.17) is 4.74 Å². The van der Waals surface area contributed by atoms with Crippen molar-refractivity contribution in [1.82, 2.24) is 15.5 Å². The fourth-order valence-corrected chi connectivity index (χ4v) is 5.01. The second kappa shape index (κ2) is 13.8. The van der Waals surface area contributed by atoms with Crippen LogP contribution in [0.25, 0.3) is 0 Å². The lowest BCUT2D eigenvalue weighted by Crippen LogP contribution is -2.56. The van der Waals surface area contributed by atoms with Gasteiger partial charge in [-0.15, -0.1) is 0 Å². The van der Waals surface area contributed by atoms with E-state index in [0.717, 1.165) is 42.4 Å². The molecule has 1 saturated carbocycles. The molecule has 3 atom stereocenters. The lowest BCUT2D eigenvalue weighted by atomic mass is 9.92. The zero-order valence-corrected chi connectivity index (χ0v) is 24.3. The Morgan fingerprint density at radius 3 is 2.27 bits per heavy atom. The Labute approximate surface area is 224 Å². The molecule has 208 valence electrons. The first-order valence-electron chi connectivity index (χ1n) is 14.0. The van der Waals surface area contributed by atoms with Crippen LogP contribution in [0.1, 0.15) is 109 Å². The summed E-state index contributed by atoms with van der Waals surface area (Å²) in [5, 5.41) is 6.09. The molecule has 0 aliphatic heterocycles. The van der Waals surface area contributed by atoms with Gasteiger partial charge in [0.15, 0.2) is 0 Å². The van der Waals surface area contributed by atoms with Gasteiger partial charge in [0.05, 0.1) is 0 Å². The third-order valence-electron chi connectivity index (χ3n) is 7.13. The van der Waals surface area contributed by atoms with E-state index < -0.39 is 23.8 Å². The molecule has 2 rings (SSSR count). The number of nitrogens with one attached hydrogen (secondary N) is 2. The summed E-state index contributed by atoms with van der Waals surface area (Å²) >= 11 is 0. The van der Waals surface area contributed by atoms with Crippen LogP contribution in [0.3, 0.4) is 0 Å². The standard InChI is InChI=1S/C30H49N3O4/c1-9-18-33(28(35)25(21(4)10-2)32-29(36)37-30(6,7)8)26(24-17-16-20(3)19-22(24)5)27(34)31-23-14-12-11-13-15-23/h16-17,19,21,23,25-26H,9-15,18H2,1-8H3,(H,31,34)(H,32,36). The number of benzene rings is 1. The summed E-state index contributed by atoms with van der Waals surface area (Å²) in [5.41, 5.74) is 2.21. The second-order valence-corrected chi connectivity index (χ2v) is 11.6. The van der Waals surface area contributed by atoms with Crippen molar-refractivity contribution in [2.24, 2.45) is 5.92 Å². The van der Waals surface area contributed by atoms with E-state index in [9.17, 15) is 14.4 Å². The average molecular weight is 516 g/mol. The maximum atomic E-state index is 14.2. The van der Waals surface area contributed by atoms with Crippen LogP contribution in [0, 0.1) is 19.8 Å². The minimum atomic E-state index is -0.804. The van der Waals surface area contributed by atoms with E-state index in [-0.39, 0.29) is 23.8 Å². The highest BCUT2D eigenvalue weighted by Gasteiger charge is 2.38. The van der Waals surface area contributed by atoms with Gasteiger partial charge in [-0.2, -0.15) is 0 Å². The van der Waals surface area contributed by atoms with Gasteiger partial charge in [-0.05, 0) is 70.9 Å². The van der Waals surface area contributed by atoms with Crippen molar-refractivity contribution in [2.45, 2.75) is 124 Å². The van der Waals surface area contributed by atoms with Crippen LogP contribution in [0.5, 0.6) is 0 Å². The summed E-state index contributed by atoms with van der Waals surface area (Å²) in [4.78, 5) is 42.5. The van der Waals surface area contributed by atoms with E-state index in [0.29, 0.717) is 19.4 Å². The van der Waals surface area contributed by atoms with Gasteiger partial charge in [-0.25, -0.2) is 4.79 Å². The Kier molecular flexibility index (Phi) is 11.5. The maximum absolute atomic E-state index is 14.2. The smallest absolute Gasteiger partial charge is 0.408 e. The minimum Gasteiger partial charge on any atom is -0.444 e. The number of hydrogen-bond acceptors (Lipinski definition) is 4. The monoisotopic (exact) mass is 515 g/mol. The minimum absolute atomic E-state index is 0.123. The van der Waals surface area contributed by atoms with Crippen molar-refractivity contribution in [3.63, 3.8) is 0 Å². The quantitative estimate of drug-likeness (QED) is 0.402. The zero-order chi connectivity index (χ0) is 27.8. The molecule has 7 heteroatoms. The molecule has 0 bridgehead atoms. The van der Waals surface area contributed by atoms with Gasteiger partial charge in [0, 0.05) is 12.6 Å². The van der Waals surface area contributed by atoms with E-state index in [1.165, 1.54) is 6.42 Å². The average Bonchev–Trinajstić information content (AvgIpc) is 2.82. The molecule has 0 aromatic heterocycles. The molecule has 1 aliphatic rings. The van der Waals surface area contributed by atoms with Gasteiger partial charge in [0.25, 0.3) is 0 Å². The molecule has 3 unspecified atom stereocenters. The van der Waals surface area contributed by atoms with Gasteiger partial charge in [0.2, 0.25) is 11.8 Å². The van der Waals surface area contributed by atoms with Crippen molar-refractivity contribution in [1.29, 1.82) is 0 Å². The van der Waals surface area contributed by atoms with Crippen molar-refractivity contribution < 1.29 is 19.1 Å². The summed E-state index contributed by atoms with van der Waals surface area (Å²) in [6.45, 7) is 15.7. The third-order valence-corrected chi connectivity index (χ3v) is 7.13. The molecular weight excluding hydrogens is 466 g/mol. The fraction of sp³-hybridized carbons (Fsp3) is 0.700. The molecule has 0 spiro atoms. The number of hydrogen-bond donors (Lipinski definition) is 2. The fourth-order valence-electron chi connectivity index (χ4n) is 5.01. The van der Waals surface area contributed by atoms with Gasteiger partial charge in [-0.3, -0.25) is 9.59 Å². The first-order chi connectivity index (χ1) is 17.4. The Balaban J connectivity index is 2.48. The number of rotatable bonds is 10. The summed E-state index contributed by atoms with van der Waals surface area (Å²) in [5.74, 6) is -0.549. The van der Waals surface area contributed by atoms with Crippen molar-refractivity contribution >= 4 is 17.9 Å². The van der Waals surface area contributed by atoms with Crippen molar-refractivity contribution in [2.75, 3.05) is 6.54 Å². The molecule has 2 N–H and O–H groups in total. The number of ether oxygens (including phenoxy) is 1. The van der Waals surface area contributed by atoms with Crippen LogP contribution in [-0.2, 0) is 14.3 Å². The number of alkyl carbamates (subject to hydrolysis) is 1. The molecule has 1 aliphatic carbocycles. The predicted octanol–water partition coefficient (Wildman–Crippen LogP) is 5.97. The number of carbonyl (C=O) groups excluding carboxylic acids is 3. The summed E-state index contributed by atoms with van der Waals surface area (Å²) < 4.78 is 5.48. The highest BCUT2D eigenvalue weighted by molar-refractivity contribution is 5.92. The molecule has 0 radical (unpaired) electrons. The van der Waals surface area contributed by atoms with Crippen LogP contribution in [0.2, 0.25) is 0 Å². The lowest BCUT2D eigenvalue weighted by Gasteiger charge is -2.37. The predicted molar refractivity (Wildman–Crippen MR) is 148 cm³/mol. The number of carbonyl (C=O) groups is 3. The topological polar surface area (TPSA) is 87.7 Å². The van der Waals surface area contributed by atoms with Gasteiger partial charge in [0.1, 0.15) is 17.7 Å². The summed E-state index contributed by atoms with van der Waals surface area (Å²) in [6.07, 6.45) is 6.07. The second-order valence-electron chi connectivity index (χ2n) is 11.6. The lowest BCUT2D eigenvalue weighted by molar-refractivity contribution is -0.143. The van der Waals surface area contributed by atoms with E-state index >= 15 is 0 Å². The van der Waals surface area contributed by atoms with Gasteiger partial charge in [-0.1, -0.05) is 70.2 Å². The summed E-state index contributed by atoms with van der Waals surface area (Å²) in [6, 6.07) is 4.55. The Morgan fingerprint density at radius 1 is 1.08 bits per heavy atom. The van der Waals surface area contributed by atoms with Crippen LogP contribution < -0.4 is 10.6 Å². The van der Waals surface area contributed by atoms with Crippen LogP contribution in [-0.4, -0.2) is 47.0 Å². The van der Waals surface area contributed by atoms with Crippen molar-refractivity contribution in [3.8, 4) is 0 Å². The van der Waals surface area contributed by atoms with Gasteiger partial charge >= 0.3 is 6.09 Å². The Bertz CT molecular complexity index is 918. The van der Waals surface area contributed by atoms with Gasteiger partial charge < -0.3 is 20.3 Å². The molecule has 37 heavy (non-hydrogen) atoms. The molecule has 1 aromatic carbocycles. The number of aryl methyl sites for hydroxylation is 2. The van der Waals surface area contributed by atoms with E-state index in [1.807, 2.05) is 46.8 Å². The van der Waals surface area contributed by atoms with E-state index in [2.05, 4.69) is 16.7 Å². The molecule has 0 saturated heterocycles. The molecule has 1 fully saturated rings. The SMILES string of the molecule is CCCN(C(=O)C(NC(=O)OC(C)(C)C)C(C)CC)C(C(=O)NC1CCCCC1)c1ccc(C)cc1C. The highest BCUT2D eigenvalue weighted by Crippen LogP contribution is 2.29. The normalized spacial score (nSPS) is 16.9. The van der Waals surface area contributed by atoms with E-state index in [1.54, 1.807) is 25.7 Å². The molecule has 0 heterocycles. The maximum Gasteiger partial charge on any atom is 0.408 e. The first-order valence-corrected chi connectivity index (χ1v) is 14.0.